The molecule has 2 rings (SSSR count). The van der Waals surface area contributed by atoms with Gasteiger partial charge in [-0.15, -0.1) is 11.3 Å². The molecule has 1 aliphatic carbocycles. The number of nitrogens with zero attached hydrogens (tertiary/aromatic N) is 1. The third-order valence-corrected chi connectivity index (χ3v) is 4.69. The summed E-state index contributed by atoms with van der Waals surface area (Å²) in [6.07, 6.45) is 5.19. The molecule has 84 valence electrons. The number of aromatic nitrogens is 1. The van der Waals surface area contributed by atoms with E-state index in [1.165, 1.54) is 35.6 Å². The van der Waals surface area contributed by atoms with Crippen LogP contribution in [-0.2, 0) is 0 Å². The number of nitrogen functional groups attached to an aromatic ring is 1. The second kappa shape index (κ2) is 3.78. The second-order valence-corrected chi connectivity index (χ2v) is 6.67. The minimum absolute atomic E-state index is 0.536. The van der Waals surface area contributed by atoms with Crippen LogP contribution in [0.5, 0.6) is 0 Å². The van der Waals surface area contributed by atoms with Crippen LogP contribution in [-0.4, -0.2) is 4.98 Å². The molecule has 0 unspecified atom stereocenters. The van der Waals surface area contributed by atoms with Gasteiger partial charge in [0, 0.05) is 10.8 Å². The summed E-state index contributed by atoms with van der Waals surface area (Å²) in [5.41, 5.74) is 6.34. The fourth-order valence-corrected chi connectivity index (χ4v) is 3.26. The van der Waals surface area contributed by atoms with Gasteiger partial charge in [-0.1, -0.05) is 13.8 Å². The Hall–Kier alpha value is -0.570. The van der Waals surface area contributed by atoms with Gasteiger partial charge in [-0.3, -0.25) is 0 Å². The van der Waals surface area contributed by atoms with E-state index in [1.807, 2.05) is 0 Å². The van der Waals surface area contributed by atoms with Gasteiger partial charge < -0.3 is 5.73 Å². The largest absolute Gasteiger partial charge is 0.383 e. The maximum atomic E-state index is 5.80. The number of thiazole rings is 1. The topological polar surface area (TPSA) is 38.9 Å². The van der Waals surface area contributed by atoms with Crippen LogP contribution in [0, 0.1) is 12.3 Å². The van der Waals surface area contributed by atoms with Gasteiger partial charge in [0.25, 0.3) is 0 Å². The van der Waals surface area contributed by atoms with Crippen molar-refractivity contribution >= 4 is 17.2 Å². The first-order valence-electron chi connectivity index (χ1n) is 5.71. The molecule has 0 radical (unpaired) electrons. The van der Waals surface area contributed by atoms with Gasteiger partial charge in [0.2, 0.25) is 0 Å². The molecule has 0 amide bonds. The number of hydrogen-bond acceptors (Lipinski definition) is 3. The summed E-state index contributed by atoms with van der Waals surface area (Å²) in [5, 5.41) is 1.26. The first-order valence-corrected chi connectivity index (χ1v) is 6.52. The zero-order valence-electron chi connectivity index (χ0n) is 9.84. The molecular weight excluding hydrogens is 204 g/mol. The number of aryl methyl sites for hydroxylation is 1. The van der Waals surface area contributed by atoms with Gasteiger partial charge in [-0.05, 0) is 38.0 Å². The highest BCUT2D eigenvalue weighted by Crippen LogP contribution is 2.43. The van der Waals surface area contributed by atoms with Gasteiger partial charge in [0.05, 0.1) is 5.01 Å². The molecule has 1 aromatic heterocycles. The van der Waals surface area contributed by atoms with Crippen molar-refractivity contribution in [1.82, 2.24) is 4.98 Å². The van der Waals surface area contributed by atoms with Crippen LogP contribution in [0.15, 0.2) is 0 Å². The summed E-state index contributed by atoms with van der Waals surface area (Å²) in [7, 11) is 0. The van der Waals surface area contributed by atoms with Crippen LogP contribution in [0.3, 0.4) is 0 Å². The molecule has 1 heterocycles. The number of rotatable bonds is 1. The summed E-state index contributed by atoms with van der Waals surface area (Å²) in [6.45, 7) is 6.79. The van der Waals surface area contributed by atoms with E-state index in [1.54, 1.807) is 11.3 Å². The zero-order chi connectivity index (χ0) is 11.1. The Labute approximate surface area is 95.9 Å². The van der Waals surface area contributed by atoms with Crippen molar-refractivity contribution in [3.63, 3.8) is 0 Å². The molecule has 0 atom stereocenters. The highest BCUT2D eigenvalue weighted by atomic mass is 32.1. The zero-order valence-corrected chi connectivity index (χ0v) is 10.7. The lowest BCUT2D eigenvalue weighted by atomic mass is 9.73. The van der Waals surface area contributed by atoms with Crippen molar-refractivity contribution in [3.8, 4) is 0 Å². The van der Waals surface area contributed by atoms with E-state index in [9.17, 15) is 0 Å². The molecule has 2 nitrogen and oxygen atoms in total. The van der Waals surface area contributed by atoms with Crippen molar-refractivity contribution in [2.24, 2.45) is 5.41 Å². The molecule has 0 bridgehead atoms. The molecule has 1 saturated carbocycles. The fraction of sp³-hybridized carbons (Fsp3) is 0.750. The average Bonchev–Trinajstić information content (AvgIpc) is 2.47. The van der Waals surface area contributed by atoms with E-state index in [0.717, 1.165) is 5.82 Å². The van der Waals surface area contributed by atoms with Crippen molar-refractivity contribution in [3.05, 3.63) is 9.88 Å². The molecule has 0 aliphatic heterocycles. The second-order valence-electron chi connectivity index (χ2n) is 5.43. The van der Waals surface area contributed by atoms with E-state index in [2.05, 4.69) is 25.8 Å². The van der Waals surface area contributed by atoms with Crippen molar-refractivity contribution in [1.29, 1.82) is 0 Å². The Morgan fingerprint density at radius 1 is 1.33 bits per heavy atom. The minimum atomic E-state index is 0.536. The van der Waals surface area contributed by atoms with Gasteiger partial charge in [0.1, 0.15) is 5.82 Å². The number of hydrogen-bond donors (Lipinski definition) is 1. The smallest absolute Gasteiger partial charge is 0.137 e. The molecule has 0 spiro atoms. The summed E-state index contributed by atoms with van der Waals surface area (Å²) < 4.78 is 0. The lowest BCUT2D eigenvalue weighted by Crippen LogP contribution is -2.20. The molecule has 0 aromatic carbocycles. The van der Waals surface area contributed by atoms with Crippen molar-refractivity contribution in [2.45, 2.75) is 52.4 Å². The maximum absolute atomic E-state index is 5.80. The van der Waals surface area contributed by atoms with Crippen LogP contribution in [0.1, 0.15) is 55.3 Å². The molecule has 2 N–H and O–H groups in total. The van der Waals surface area contributed by atoms with E-state index in [-0.39, 0.29) is 0 Å². The van der Waals surface area contributed by atoms with E-state index in [0.29, 0.717) is 11.3 Å². The van der Waals surface area contributed by atoms with Crippen molar-refractivity contribution < 1.29 is 0 Å². The SMILES string of the molecule is Cc1sc(C2CCC(C)(C)CC2)nc1N. The first-order chi connectivity index (χ1) is 6.98. The summed E-state index contributed by atoms with van der Waals surface area (Å²) in [5.74, 6) is 1.40. The molecule has 1 aromatic rings. The van der Waals surface area contributed by atoms with Gasteiger partial charge >= 0.3 is 0 Å². The number of nitrogens with two attached hydrogens (primary N) is 1. The third-order valence-electron chi connectivity index (χ3n) is 3.54. The van der Waals surface area contributed by atoms with Crippen LogP contribution < -0.4 is 5.73 Å². The fourth-order valence-electron chi connectivity index (χ4n) is 2.25. The van der Waals surface area contributed by atoms with Gasteiger partial charge in [0.15, 0.2) is 0 Å². The normalized spacial score (nSPS) is 21.8. The van der Waals surface area contributed by atoms with E-state index >= 15 is 0 Å². The Bertz CT molecular complexity index is 325. The monoisotopic (exact) mass is 224 g/mol. The lowest BCUT2D eigenvalue weighted by molar-refractivity contribution is 0.224. The quantitative estimate of drug-likeness (QED) is 0.789. The highest BCUT2D eigenvalue weighted by Gasteiger charge is 2.29. The predicted molar refractivity (Wildman–Crippen MR) is 66.3 cm³/mol. The molecule has 0 saturated heterocycles. The molecule has 1 fully saturated rings. The molecule has 15 heavy (non-hydrogen) atoms. The summed E-state index contributed by atoms with van der Waals surface area (Å²) >= 11 is 1.78. The standard InChI is InChI=1S/C12H20N2S/c1-8-10(13)14-11(15-8)9-4-6-12(2,3)7-5-9/h9H,4-7,13H2,1-3H3. The van der Waals surface area contributed by atoms with Gasteiger partial charge in [-0.2, -0.15) is 0 Å². The third kappa shape index (κ3) is 2.33. The number of anilines is 1. The van der Waals surface area contributed by atoms with Crippen LogP contribution in [0.4, 0.5) is 5.82 Å². The molecular formula is C12H20N2S. The van der Waals surface area contributed by atoms with E-state index in [4.69, 9.17) is 5.73 Å². The predicted octanol–water partition coefficient (Wildman–Crippen LogP) is 3.72. The van der Waals surface area contributed by atoms with Gasteiger partial charge in [-0.25, -0.2) is 4.98 Å². The van der Waals surface area contributed by atoms with E-state index < -0.39 is 0 Å². The van der Waals surface area contributed by atoms with Crippen LogP contribution >= 0.6 is 11.3 Å². The molecule has 1 aliphatic rings. The maximum Gasteiger partial charge on any atom is 0.137 e. The lowest BCUT2D eigenvalue weighted by Gasteiger charge is -2.33. The highest BCUT2D eigenvalue weighted by molar-refractivity contribution is 7.12. The Morgan fingerprint density at radius 2 is 1.93 bits per heavy atom. The Morgan fingerprint density at radius 3 is 2.40 bits per heavy atom. The first kappa shape index (κ1) is 10.9. The summed E-state index contributed by atoms with van der Waals surface area (Å²) in [6, 6.07) is 0. The molecule has 3 heteroatoms. The average molecular weight is 224 g/mol. The summed E-state index contributed by atoms with van der Waals surface area (Å²) in [4.78, 5) is 5.65. The minimum Gasteiger partial charge on any atom is -0.383 e. The Kier molecular flexibility index (Phi) is 2.75. The van der Waals surface area contributed by atoms with Crippen LogP contribution in [0.2, 0.25) is 0 Å². The Balaban J connectivity index is 2.07. The van der Waals surface area contributed by atoms with Crippen molar-refractivity contribution in [2.75, 3.05) is 5.73 Å². The van der Waals surface area contributed by atoms with Crippen LogP contribution in [0.25, 0.3) is 0 Å².